The van der Waals surface area contributed by atoms with Crippen LogP contribution in [0.3, 0.4) is 0 Å². The van der Waals surface area contributed by atoms with E-state index in [4.69, 9.17) is 4.74 Å². The minimum absolute atomic E-state index is 0.233. The van der Waals surface area contributed by atoms with Gasteiger partial charge in [0.1, 0.15) is 11.5 Å². The molecule has 2 rings (SSSR count). The number of allylic oxidation sites excluding steroid dienone is 4. The van der Waals surface area contributed by atoms with Crippen LogP contribution in [0.5, 0.6) is 5.75 Å². The SMILES string of the molecule is COc1cccc(C2=CC=C(CC(C)=O)C(C)C2)c1. The number of Topliss-reactive ketones (excluding diaryl/α,β-unsaturated/α-hetero) is 1. The third-order valence-corrected chi connectivity index (χ3v) is 3.55. The van der Waals surface area contributed by atoms with E-state index in [1.54, 1.807) is 14.0 Å². The van der Waals surface area contributed by atoms with Gasteiger partial charge < -0.3 is 4.74 Å². The summed E-state index contributed by atoms with van der Waals surface area (Å²) in [6, 6.07) is 8.12. The molecule has 0 spiro atoms. The van der Waals surface area contributed by atoms with Gasteiger partial charge in [0.25, 0.3) is 0 Å². The lowest BCUT2D eigenvalue weighted by Gasteiger charge is -2.21. The number of benzene rings is 1. The van der Waals surface area contributed by atoms with Crippen molar-refractivity contribution in [3.63, 3.8) is 0 Å². The van der Waals surface area contributed by atoms with Crippen molar-refractivity contribution < 1.29 is 9.53 Å². The van der Waals surface area contributed by atoms with Gasteiger partial charge in [0.15, 0.2) is 0 Å². The van der Waals surface area contributed by atoms with Crippen molar-refractivity contribution >= 4 is 11.4 Å². The molecule has 1 aliphatic carbocycles. The molecule has 0 saturated carbocycles. The molecule has 100 valence electrons. The summed E-state index contributed by atoms with van der Waals surface area (Å²) in [4.78, 5) is 11.2. The summed E-state index contributed by atoms with van der Waals surface area (Å²) in [5, 5.41) is 0. The highest BCUT2D eigenvalue weighted by Crippen LogP contribution is 2.33. The Morgan fingerprint density at radius 1 is 1.37 bits per heavy atom. The van der Waals surface area contributed by atoms with Crippen molar-refractivity contribution in [3.05, 3.63) is 47.6 Å². The number of rotatable bonds is 4. The molecule has 0 bridgehead atoms. The van der Waals surface area contributed by atoms with Crippen LogP contribution in [0.4, 0.5) is 0 Å². The molecule has 0 saturated heterocycles. The Morgan fingerprint density at radius 2 is 2.16 bits per heavy atom. The predicted molar refractivity (Wildman–Crippen MR) is 78.1 cm³/mol. The third-order valence-electron chi connectivity index (χ3n) is 3.55. The Kier molecular flexibility index (Phi) is 4.20. The first-order chi connectivity index (χ1) is 9.10. The summed E-state index contributed by atoms with van der Waals surface area (Å²) in [7, 11) is 1.68. The van der Waals surface area contributed by atoms with Crippen molar-refractivity contribution in [1.82, 2.24) is 0 Å². The first kappa shape index (κ1) is 13.6. The van der Waals surface area contributed by atoms with Gasteiger partial charge in [-0.15, -0.1) is 0 Å². The van der Waals surface area contributed by atoms with Gasteiger partial charge in [-0.2, -0.15) is 0 Å². The molecule has 0 aliphatic heterocycles. The zero-order valence-electron chi connectivity index (χ0n) is 11.8. The minimum Gasteiger partial charge on any atom is -0.497 e. The fraction of sp³-hybridized carbons (Fsp3) is 0.353. The Hall–Kier alpha value is -1.83. The summed E-state index contributed by atoms with van der Waals surface area (Å²) >= 11 is 0. The van der Waals surface area contributed by atoms with Gasteiger partial charge in [-0.3, -0.25) is 4.79 Å². The third kappa shape index (κ3) is 3.34. The molecule has 2 nitrogen and oxygen atoms in total. The second kappa shape index (κ2) is 5.87. The van der Waals surface area contributed by atoms with E-state index in [0.29, 0.717) is 12.3 Å². The summed E-state index contributed by atoms with van der Waals surface area (Å²) in [6.07, 6.45) is 5.78. The molecule has 0 amide bonds. The lowest BCUT2D eigenvalue weighted by molar-refractivity contribution is -0.116. The molecular weight excluding hydrogens is 236 g/mol. The molecule has 1 atom stereocenters. The number of carbonyl (C=O) groups excluding carboxylic acids is 1. The van der Waals surface area contributed by atoms with Crippen LogP contribution >= 0.6 is 0 Å². The lowest BCUT2D eigenvalue weighted by Crippen LogP contribution is -2.08. The number of ether oxygens (including phenoxy) is 1. The standard InChI is InChI=1S/C17H20O2/c1-12-9-16(8-7-14(12)10-13(2)18)15-5-4-6-17(11-15)19-3/h4-8,11-12H,9-10H2,1-3H3. The van der Waals surface area contributed by atoms with Gasteiger partial charge >= 0.3 is 0 Å². The topological polar surface area (TPSA) is 26.3 Å². The zero-order valence-corrected chi connectivity index (χ0v) is 11.8. The molecule has 0 aromatic heterocycles. The van der Waals surface area contributed by atoms with Crippen LogP contribution in [0.1, 0.15) is 32.3 Å². The molecule has 1 aliphatic rings. The van der Waals surface area contributed by atoms with Gasteiger partial charge in [0, 0.05) is 6.42 Å². The number of carbonyl (C=O) groups is 1. The Morgan fingerprint density at radius 3 is 2.79 bits per heavy atom. The molecule has 0 fully saturated rings. The van der Waals surface area contributed by atoms with E-state index in [1.807, 2.05) is 12.1 Å². The first-order valence-corrected chi connectivity index (χ1v) is 6.63. The lowest BCUT2D eigenvalue weighted by atomic mass is 9.83. The van der Waals surface area contributed by atoms with E-state index in [1.165, 1.54) is 16.7 Å². The van der Waals surface area contributed by atoms with Gasteiger partial charge in [-0.25, -0.2) is 0 Å². The van der Waals surface area contributed by atoms with E-state index in [-0.39, 0.29) is 5.78 Å². The highest BCUT2D eigenvalue weighted by atomic mass is 16.5. The van der Waals surface area contributed by atoms with Gasteiger partial charge in [-0.05, 0) is 42.5 Å². The maximum Gasteiger partial charge on any atom is 0.133 e. The molecule has 0 heterocycles. The number of ketones is 1. The summed E-state index contributed by atoms with van der Waals surface area (Å²) in [6.45, 7) is 3.83. The maximum absolute atomic E-state index is 11.2. The van der Waals surface area contributed by atoms with Gasteiger partial charge in [0.2, 0.25) is 0 Å². The summed E-state index contributed by atoms with van der Waals surface area (Å²) < 4.78 is 5.26. The second-order valence-electron chi connectivity index (χ2n) is 5.15. The highest BCUT2D eigenvalue weighted by Gasteiger charge is 2.17. The van der Waals surface area contributed by atoms with E-state index >= 15 is 0 Å². The fourth-order valence-corrected chi connectivity index (χ4v) is 2.46. The monoisotopic (exact) mass is 256 g/mol. The molecule has 1 aromatic rings. The first-order valence-electron chi connectivity index (χ1n) is 6.63. The molecule has 2 heteroatoms. The van der Waals surface area contributed by atoms with Crippen LogP contribution in [0, 0.1) is 5.92 Å². The predicted octanol–water partition coefficient (Wildman–Crippen LogP) is 4.02. The number of hydrogen-bond acceptors (Lipinski definition) is 2. The summed E-state index contributed by atoms with van der Waals surface area (Å²) in [5.41, 5.74) is 3.74. The Balaban J connectivity index is 2.24. The summed E-state index contributed by atoms with van der Waals surface area (Å²) in [5.74, 6) is 1.54. The van der Waals surface area contributed by atoms with Crippen LogP contribution in [0.15, 0.2) is 42.0 Å². The number of methoxy groups -OCH3 is 1. The van der Waals surface area contributed by atoms with Gasteiger partial charge in [0.05, 0.1) is 7.11 Å². The van der Waals surface area contributed by atoms with Gasteiger partial charge in [-0.1, -0.05) is 36.8 Å². The average molecular weight is 256 g/mol. The molecule has 1 aromatic carbocycles. The average Bonchev–Trinajstić information content (AvgIpc) is 2.40. The van der Waals surface area contributed by atoms with E-state index in [2.05, 4.69) is 31.2 Å². The molecule has 0 N–H and O–H groups in total. The van der Waals surface area contributed by atoms with Crippen LogP contribution < -0.4 is 4.74 Å². The van der Waals surface area contributed by atoms with Crippen LogP contribution in [-0.2, 0) is 4.79 Å². The zero-order chi connectivity index (χ0) is 13.8. The van der Waals surface area contributed by atoms with Crippen molar-refractivity contribution in [2.45, 2.75) is 26.7 Å². The molecular formula is C17H20O2. The van der Waals surface area contributed by atoms with E-state index < -0.39 is 0 Å². The quantitative estimate of drug-likeness (QED) is 0.813. The minimum atomic E-state index is 0.233. The smallest absolute Gasteiger partial charge is 0.133 e. The van der Waals surface area contributed by atoms with Crippen molar-refractivity contribution in [2.24, 2.45) is 5.92 Å². The van der Waals surface area contributed by atoms with Crippen LogP contribution in [0.25, 0.3) is 5.57 Å². The Bertz CT molecular complexity index is 538. The largest absolute Gasteiger partial charge is 0.497 e. The van der Waals surface area contributed by atoms with Crippen molar-refractivity contribution in [3.8, 4) is 5.75 Å². The van der Waals surface area contributed by atoms with E-state index in [9.17, 15) is 4.79 Å². The second-order valence-corrected chi connectivity index (χ2v) is 5.15. The molecule has 0 radical (unpaired) electrons. The molecule has 1 unspecified atom stereocenters. The maximum atomic E-state index is 11.2. The normalized spacial score (nSPS) is 18.6. The van der Waals surface area contributed by atoms with Crippen LogP contribution in [0.2, 0.25) is 0 Å². The van der Waals surface area contributed by atoms with Crippen molar-refractivity contribution in [2.75, 3.05) is 7.11 Å². The highest BCUT2D eigenvalue weighted by molar-refractivity contribution is 5.79. The van der Waals surface area contributed by atoms with E-state index in [0.717, 1.165) is 12.2 Å². The van der Waals surface area contributed by atoms with Crippen molar-refractivity contribution in [1.29, 1.82) is 0 Å². The molecule has 19 heavy (non-hydrogen) atoms. The number of hydrogen-bond donors (Lipinski definition) is 0. The van der Waals surface area contributed by atoms with Crippen LogP contribution in [-0.4, -0.2) is 12.9 Å². The Labute approximate surface area is 114 Å². The fourth-order valence-electron chi connectivity index (χ4n) is 2.46.